The van der Waals surface area contributed by atoms with Crippen molar-refractivity contribution < 1.29 is 0 Å². The van der Waals surface area contributed by atoms with Crippen LogP contribution in [0.5, 0.6) is 0 Å². The van der Waals surface area contributed by atoms with E-state index < -0.39 is 0 Å². The molecule has 3 heteroatoms. The lowest BCUT2D eigenvalue weighted by Crippen LogP contribution is -2.24. The Morgan fingerprint density at radius 2 is 0.787 bits per heavy atom. The number of rotatable bonds is 3. The van der Waals surface area contributed by atoms with Crippen molar-refractivity contribution in [2.24, 2.45) is 0 Å². The molecule has 10 rings (SSSR count). The molecule has 0 spiro atoms. The third-order valence-corrected chi connectivity index (χ3v) is 9.63. The fourth-order valence-corrected chi connectivity index (χ4v) is 7.63. The fourth-order valence-electron chi connectivity index (χ4n) is 7.63. The van der Waals surface area contributed by atoms with E-state index in [-0.39, 0.29) is 0 Å². The molecule has 0 saturated heterocycles. The number of aromatic nitrogens is 1. The predicted molar refractivity (Wildman–Crippen MR) is 199 cm³/mol. The van der Waals surface area contributed by atoms with Crippen LogP contribution in [0.25, 0.3) is 49.0 Å². The zero-order valence-electron chi connectivity index (χ0n) is 25.6. The number of para-hydroxylation sites is 3. The lowest BCUT2D eigenvalue weighted by molar-refractivity contribution is 1.17. The van der Waals surface area contributed by atoms with Gasteiger partial charge in [0, 0.05) is 38.6 Å². The highest BCUT2D eigenvalue weighted by atomic mass is 15.3. The monoisotopic (exact) mass is 599 g/mol. The van der Waals surface area contributed by atoms with Crippen LogP contribution in [0.3, 0.4) is 0 Å². The van der Waals surface area contributed by atoms with Crippen molar-refractivity contribution in [3.8, 4) is 5.69 Å². The molecule has 220 valence electrons. The van der Waals surface area contributed by atoms with Crippen molar-refractivity contribution in [1.82, 2.24) is 4.57 Å². The molecule has 3 nitrogen and oxygen atoms in total. The standard InChI is InChI=1S/C44H29N3/c1-3-15-32(16-4-1)45-39-22-12-11-21-37(39)38-29-34(25-28-40(38)45)47-42-27-24-30-13-7-9-19-35(30)43(42)46(33-17-5-2-6-18-33)41-26-23-31-14-8-10-20-36(31)44(41)47/h1-29H. The van der Waals surface area contributed by atoms with Crippen molar-refractivity contribution in [3.05, 3.63) is 176 Å². The molecule has 0 radical (unpaired) electrons. The van der Waals surface area contributed by atoms with Gasteiger partial charge in [-0.1, -0.05) is 115 Å². The minimum atomic E-state index is 1.13. The van der Waals surface area contributed by atoms with Gasteiger partial charge in [-0.3, -0.25) is 0 Å². The summed E-state index contributed by atoms with van der Waals surface area (Å²) in [6.07, 6.45) is 0. The van der Waals surface area contributed by atoms with Crippen LogP contribution in [-0.4, -0.2) is 4.57 Å². The Labute approximate surface area is 272 Å². The van der Waals surface area contributed by atoms with Gasteiger partial charge in [-0.15, -0.1) is 0 Å². The average molecular weight is 600 g/mol. The van der Waals surface area contributed by atoms with Crippen LogP contribution >= 0.6 is 0 Å². The van der Waals surface area contributed by atoms with Gasteiger partial charge in [-0.05, 0) is 71.4 Å². The normalized spacial score (nSPS) is 12.6. The maximum absolute atomic E-state index is 2.49. The largest absolute Gasteiger partial charge is 0.309 e. The topological polar surface area (TPSA) is 11.4 Å². The summed E-state index contributed by atoms with van der Waals surface area (Å²) in [6, 6.07) is 63.8. The smallest absolute Gasteiger partial charge is 0.0782 e. The Kier molecular flexibility index (Phi) is 5.57. The third-order valence-electron chi connectivity index (χ3n) is 9.63. The molecule has 0 amide bonds. The van der Waals surface area contributed by atoms with Gasteiger partial charge < -0.3 is 14.4 Å². The molecule has 47 heavy (non-hydrogen) atoms. The van der Waals surface area contributed by atoms with Gasteiger partial charge in [-0.25, -0.2) is 0 Å². The van der Waals surface area contributed by atoms with Crippen molar-refractivity contribution in [3.63, 3.8) is 0 Å². The highest BCUT2D eigenvalue weighted by Gasteiger charge is 2.33. The zero-order valence-corrected chi connectivity index (χ0v) is 25.6. The summed E-state index contributed by atoms with van der Waals surface area (Å²) >= 11 is 0. The van der Waals surface area contributed by atoms with Crippen molar-refractivity contribution in [2.75, 3.05) is 9.80 Å². The SMILES string of the molecule is c1ccc(N2c3ccc4ccccc4c3N(c3ccc4c(c3)c3ccccc3n4-c3ccccc3)c3ccc4ccccc4c32)cc1. The van der Waals surface area contributed by atoms with E-state index in [4.69, 9.17) is 0 Å². The fraction of sp³-hybridized carbons (Fsp3) is 0. The van der Waals surface area contributed by atoms with Crippen molar-refractivity contribution in [1.29, 1.82) is 0 Å². The second kappa shape index (κ2) is 10.1. The molecule has 9 aromatic rings. The molecule has 2 heterocycles. The predicted octanol–water partition coefficient (Wildman–Crippen LogP) is 12.3. The number of hydrogen-bond acceptors (Lipinski definition) is 2. The Morgan fingerprint density at radius 1 is 0.298 bits per heavy atom. The summed E-state index contributed by atoms with van der Waals surface area (Å²) in [5.41, 5.74) is 10.5. The summed E-state index contributed by atoms with van der Waals surface area (Å²) in [7, 11) is 0. The molecule has 0 fully saturated rings. The molecule has 1 aromatic heterocycles. The van der Waals surface area contributed by atoms with Gasteiger partial charge in [0.1, 0.15) is 0 Å². The van der Waals surface area contributed by atoms with Gasteiger partial charge in [-0.2, -0.15) is 0 Å². The zero-order chi connectivity index (χ0) is 30.9. The van der Waals surface area contributed by atoms with E-state index in [9.17, 15) is 0 Å². The van der Waals surface area contributed by atoms with Gasteiger partial charge >= 0.3 is 0 Å². The van der Waals surface area contributed by atoms with E-state index in [1.54, 1.807) is 0 Å². The summed E-state index contributed by atoms with van der Waals surface area (Å²) < 4.78 is 2.38. The van der Waals surface area contributed by atoms with Crippen LogP contribution in [0.2, 0.25) is 0 Å². The second-order valence-electron chi connectivity index (χ2n) is 12.2. The molecular formula is C44H29N3. The van der Waals surface area contributed by atoms with E-state index in [2.05, 4.69) is 190 Å². The second-order valence-corrected chi connectivity index (χ2v) is 12.2. The molecule has 0 unspecified atom stereocenters. The van der Waals surface area contributed by atoms with E-state index in [0.717, 1.165) is 28.4 Å². The van der Waals surface area contributed by atoms with Gasteiger partial charge in [0.05, 0.1) is 33.8 Å². The highest BCUT2D eigenvalue weighted by Crippen LogP contribution is 2.58. The number of anilines is 6. The quantitative estimate of drug-likeness (QED) is 0.200. The Hall–Kier alpha value is -6.32. The molecule has 0 saturated carbocycles. The summed E-state index contributed by atoms with van der Waals surface area (Å²) in [4.78, 5) is 4.95. The minimum Gasteiger partial charge on any atom is -0.309 e. The van der Waals surface area contributed by atoms with Crippen LogP contribution in [0.15, 0.2) is 176 Å². The van der Waals surface area contributed by atoms with Crippen molar-refractivity contribution in [2.45, 2.75) is 0 Å². The molecule has 0 atom stereocenters. The Balaban J connectivity index is 1.32. The molecular weight excluding hydrogens is 571 g/mol. The van der Waals surface area contributed by atoms with Gasteiger partial charge in [0.15, 0.2) is 0 Å². The first-order valence-electron chi connectivity index (χ1n) is 16.1. The molecule has 0 N–H and O–H groups in total. The maximum atomic E-state index is 2.49. The molecule has 8 aromatic carbocycles. The van der Waals surface area contributed by atoms with Crippen LogP contribution in [0.4, 0.5) is 34.1 Å². The average Bonchev–Trinajstić information content (AvgIpc) is 3.48. The molecule has 1 aliphatic rings. The number of nitrogens with zero attached hydrogens (tertiary/aromatic N) is 3. The van der Waals surface area contributed by atoms with E-state index in [1.807, 2.05) is 0 Å². The molecule has 0 aliphatic carbocycles. The summed E-state index contributed by atoms with van der Waals surface area (Å²) in [5, 5.41) is 7.36. The highest BCUT2D eigenvalue weighted by molar-refractivity contribution is 6.18. The van der Waals surface area contributed by atoms with Crippen LogP contribution in [0, 0.1) is 0 Å². The lowest BCUT2D eigenvalue weighted by Gasteiger charge is -2.41. The Bertz CT molecular complexity index is 2640. The van der Waals surface area contributed by atoms with E-state index in [0.29, 0.717) is 0 Å². The third kappa shape index (κ3) is 3.81. The lowest BCUT2D eigenvalue weighted by atomic mass is 9.96. The molecule has 0 bridgehead atoms. The summed E-state index contributed by atoms with van der Waals surface area (Å²) in [6.45, 7) is 0. The first-order valence-corrected chi connectivity index (χ1v) is 16.1. The molecule has 1 aliphatic heterocycles. The van der Waals surface area contributed by atoms with Gasteiger partial charge in [0.2, 0.25) is 0 Å². The minimum absolute atomic E-state index is 1.13. The first kappa shape index (κ1) is 26.0. The number of hydrogen-bond donors (Lipinski definition) is 0. The Morgan fingerprint density at radius 3 is 1.43 bits per heavy atom. The van der Waals surface area contributed by atoms with Crippen LogP contribution < -0.4 is 9.80 Å². The first-order chi connectivity index (χ1) is 23.3. The number of fused-ring (bicyclic) bond motifs is 9. The van der Waals surface area contributed by atoms with Crippen molar-refractivity contribution >= 4 is 77.5 Å². The van der Waals surface area contributed by atoms with Gasteiger partial charge in [0.25, 0.3) is 0 Å². The van der Waals surface area contributed by atoms with Crippen LogP contribution in [-0.2, 0) is 0 Å². The van der Waals surface area contributed by atoms with E-state index >= 15 is 0 Å². The van der Waals surface area contributed by atoms with Crippen LogP contribution in [0.1, 0.15) is 0 Å². The maximum Gasteiger partial charge on any atom is 0.0782 e. The summed E-state index contributed by atoms with van der Waals surface area (Å²) in [5.74, 6) is 0. The van der Waals surface area contributed by atoms with E-state index in [1.165, 1.54) is 54.7 Å². The number of benzene rings is 8.